The highest BCUT2D eigenvalue weighted by Gasteiger charge is 2.30. The van der Waals surface area contributed by atoms with Crippen molar-refractivity contribution in [2.24, 2.45) is 5.92 Å². The molecule has 28 heavy (non-hydrogen) atoms. The molecular formula is C19H28ClN5O3. The van der Waals surface area contributed by atoms with Crippen molar-refractivity contribution in [3.8, 4) is 5.88 Å². The van der Waals surface area contributed by atoms with Crippen LogP contribution in [-0.4, -0.2) is 44.3 Å². The first-order valence-corrected chi connectivity index (χ1v) is 9.82. The topological polar surface area (TPSA) is 101 Å². The van der Waals surface area contributed by atoms with Crippen LogP contribution in [0.4, 0.5) is 0 Å². The second kappa shape index (κ2) is 8.13. The Kier molecular flexibility index (Phi) is 6.00. The summed E-state index contributed by atoms with van der Waals surface area (Å²) in [4.78, 5) is 25.6. The van der Waals surface area contributed by atoms with E-state index in [0.717, 1.165) is 44.5 Å². The number of hydrogen-bond donors (Lipinski definition) is 3. The summed E-state index contributed by atoms with van der Waals surface area (Å²) in [6.45, 7) is 6.41. The lowest BCUT2D eigenvalue weighted by Gasteiger charge is -2.20. The molecule has 8 nitrogen and oxygen atoms in total. The van der Waals surface area contributed by atoms with Gasteiger partial charge >= 0.3 is 0 Å². The number of nitrogens with one attached hydrogen (secondary N) is 2. The summed E-state index contributed by atoms with van der Waals surface area (Å²) in [6, 6.07) is 2.00. The monoisotopic (exact) mass is 409 g/mol. The van der Waals surface area contributed by atoms with Crippen molar-refractivity contribution in [3.05, 3.63) is 27.7 Å². The number of rotatable bonds is 5. The molecule has 4 rings (SSSR count). The van der Waals surface area contributed by atoms with Gasteiger partial charge in [-0.15, -0.1) is 12.4 Å². The summed E-state index contributed by atoms with van der Waals surface area (Å²) < 4.78 is 2.94. The predicted molar refractivity (Wildman–Crippen MR) is 109 cm³/mol. The van der Waals surface area contributed by atoms with E-state index in [1.54, 1.807) is 4.57 Å². The van der Waals surface area contributed by atoms with E-state index in [1.165, 1.54) is 4.52 Å². The Balaban J connectivity index is 0.00000225. The highest BCUT2D eigenvalue weighted by Crippen LogP contribution is 2.27. The average molecular weight is 410 g/mol. The number of piperidine rings is 1. The van der Waals surface area contributed by atoms with Crippen LogP contribution in [0.25, 0.3) is 5.65 Å². The number of aromatic nitrogens is 3. The number of hydrogen-bond acceptors (Lipinski definition) is 5. The van der Waals surface area contributed by atoms with Gasteiger partial charge < -0.3 is 15.7 Å². The van der Waals surface area contributed by atoms with Crippen LogP contribution in [-0.2, 0) is 6.54 Å². The molecule has 1 saturated heterocycles. The van der Waals surface area contributed by atoms with Crippen LogP contribution in [0.15, 0.2) is 10.9 Å². The van der Waals surface area contributed by atoms with Gasteiger partial charge in [-0.25, -0.2) is 0 Å². The lowest BCUT2D eigenvalue weighted by molar-refractivity contribution is 0.0944. The van der Waals surface area contributed by atoms with Crippen molar-refractivity contribution in [1.29, 1.82) is 0 Å². The molecule has 2 fully saturated rings. The van der Waals surface area contributed by atoms with E-state index in [2.05, 4.69) is 15.7 Å². The smallest absolute Gasteiger partial charge is 0.291 e. The zero-order chi connectivity index (χ0) is 19.1. The van der Waals surface area contributed by atoms with E-state index >= 15 is 0 Å². The van der Waals surface area contributed by atoms with E-state index in [4.69, 9.17) is 0 Å². The van der Waals surface area contributed by atoms with Gasteiger partial charge in [-0.2, -0.15) is 9.61 Å². The molecule has 2 aromatic heterocycles. The Morgan fingerprint density at radius 3 is 2.61 bits per heavy atom. The molecule has 0 atom stereocenters. The molecule has 0 radical (unpaired) electrons. The highest BCUT2D eigenvalue weighted by atomic mass is 35.5. The maximum atomic E-state index is 13.0. The third kappa shape index (κ3) is 3.89. The summed E-state index contributed by atoms with van der Waals surface area (Å²) in [5.74, 6) is -0.267. The number of amides is 1. The molecule has 1 amide bonds. The van der Waals surface area contributed by atoms with Crippen LogP contribution in [0.3, 0.4) is 0 Å². The molecule has 3 heterocycles. The van der Waals surface area contributed by atoms with E-state index in [9.17, 15) is 14.7 Å². The van der Waals surface area contributed by atoms with Gasteiger partial charge in [0, 0.05) is 24.6 Å². The zero-order valence-electron chi connectivity index (χ0n) is 16.3. The molecular weight excluding hydrogens is 382 g/mol. The van der Waals surface area contributed by atoms with Crippen molar-refractivity contribution >= 4 is 24.0 Å². The van der Waals surface area contributed by atoms with Crippen LogP contribution in [0, 0.1) is 5.92 Å². The van der Waals surface area contributed by atoms with Gasteiger partial charge in [0.05, 0.1) is 5.69 Å². The van der Waals surface area contributed by atoms with Crippen LogP contribution in [0.2, 0.25) is 0 Å². The van der Waals surface area contributed by atoms with Gasteiger partial charge in [0.1, 0.15) is 5.65 Å². The Morgan fingerprint density at radius 1 is 1.32 bits per heavy atom. The molecule has 1 aliphatic heterocycles. The van der Waals surface area contributed by atoms with E-state index in [-0.39, 0.29) is 41.7 Å². The number of fused-ring (bicyclic) bond motifs is 1. The minimum absolute atomic E-state index is 0. The molecule has 2 aliphatic rings. The average Bonchev–Trinajstić information content (AvgIpc) is 3.33. The summed E-state index contributed by atoms with van der Waals surface area (Å²) in [5, 5.41) is 21.5. The van der Waals surface area contributed by atoms with Crippen molar-refractivity contribution in [3.63, 3.8) is 0 Å². The number of nitrogens with zero attached hydrogens (tertiary/aromatic N) is 3. The molecule has 1 aliphatic carbocycles. The van der Waals surface area contributed by atoms with E-state index in [0.29, 0.717) is 12.2 Å². The number of halogens is 1. The quantitative estimate of drug-likeness (QED) is 0.697. The summed E-state index contributed by atoms with van der Waals surface area (Å²) in [7, 11) is 0. The second-order valence-corrected chi connectivity index (χ2v) is 8.12. The Bertz CT molecular complexity index is 926. The SMILES string of the molecule is CC(C)Cn1c(O)c(C(=O)NC2CC2)c(=O)n2nc(C3CCNCC3)cc12.Cl. The maximum absolute atomic E-state index is 13.0. The standard InChI is InChI=1S/C19H27N5O3.ClH/c1-11(2)10-23-15-9-14(12-5-7-20-8-6-12)22-24(15)19(27)16(18(23)26)17(25)21-13-3-4-13;/h9,11-13,20,26H,3-8,10H2,1-2H3,(H,21,25);1H. The van der Waals surface area contributed by atoms with E-state index in [1.807, 2.05) is 19.9 Å². The molecule has 3 N–H and O–H groups in total. The van der Waals surface area contributed by atoms with Crippen molar-refractivity contribution in [1.82, 2.24) is 24.8 Å². The largest absolute Gasteiger partial charge is 0.494 e. The van der Waals surface area contributed by atoms with Crippen LogP contribution < -0.4 is 16.2 Å². The van der Waals surface area contributed by atoms with Crippen molar-refractivity contribution in [2.75, 3.05) is 13.1 Å². The second-order valence-electron chi connectivity index (χ2n) is 8.12. The molecule has 1 saturated carbocycles. The Labute approximate surface area is 169 Å². The van der Waals surface area contributed by atoms with Crippen molar-refractivity contribution < 1.29 is 9.90 Å². The first-order chi connectivity index (χ1) is 13.0. The number of carbonyl (C=O) groups is 1. The van der Waals surface area contributed by atoms with Gasteiger partial charge in [0.2, 0.25) is 5.88 Å². The fraction of sp³-hybridized carbons (Fsp3) is 0.632. The van der Waals surface area contributed by atoms with Gasteiger partial charge in [-0.1, -0.05) is 13.8 Å². The zero-order valence-corrected chi connectivity index (χ0v) is 17.1. The third-order valence-corrected chi connectivity index (χ3v) is 5.32. The first kappa shape index (κ1) is 20.7. The van der Waals surface area contributed by atoms with Crippen molar-refractivity contribution in [2.45, 2.75) is 58.0 Å². The number of carbonyl (C=O) groups excluding carboxylic acids is 1. The van der Waals surface area contributed by atoms with Crippen LogP contribution in [0.1, 0.15) is 61.5 Å². The predicted octanol–water partition coefficient (Wildman–Crippen LogP) is 1.64. The van der Waals surface area contributed by atoms with Crippen LogP contribution >= 0.6 is 12.4 Å². The lowest BCUT2D eigenvalue weighted by atomic mass is 9.95. The lowest BCUT2D eigenvalue weighted by Crippen LogP contribution is -2.34. The Hall–Kier alpha value is -2.06. The summed E-state index contributed by atoms with van der Waals surface area (Å²) >= 11 is 0. The van der Waals surface area contributed by atoms with Gasteiger partial charge in [0.25, 0.3) is 11.5 Å². The third-order valence-electron chi connectivity index (χ3n) is 5.32. The normalized spacial score (nSPS) is 17.7. The molecule has 154 valence electrons. The van der Waals surface area contributed by atoms with Gasteiger partial charge in [-0.05, 0) is 44.7 Å². The maximum Gasteiger partial charge on any atom is 0.291 e. The summed E-state index contributed by atoms with van der Waals surface area (Å²) in [5.41, 5.74) is 0.629. The fourth-order valence-electron chi connectivity index (χ4n) is 3.72. The molecule has 0 spiro atoms. The van der Waals surface area contributed by atoms with Gasteiger partial charge in [0.15, 0.2) is 5.56 Å². The highest BCUT2D eigenvalue weighted by molar-refractivity contribution is 5.96. The fourth-order valence-corrected chi connectivity index (χ4v) is 3.72. The summed E-state index contributed by atoms with van der Waals surface area (Å²) in [6.07, 6.45) is 3.75. The van der Waals surface area contributed by atoms with E-state index < -0.39 is 11.5 Å². The molecule has 0 unspecified atom stereocenters. The molecule has 0 aromatic carbocycles. The minimum Gasteiger partial charge on any atom is -0.494 e. The Morgan fingerprint density at radius 2 is 2.00 bits per heavy atom. The molecule has 0 bridgehead atoms. The first-order valence-electron chi connectivity index (χ1n) is 9.82. The van der Waals surface area contributed by atoms with Gasteiger partial charge in [-0.3, -0.25) is 14.2 Å². The molecule has 9 heteroatoms. The van der Waals surface area contributed by atoms with Crippen LogP contribution in [0.5, 0.6) is 5.88 Å². The molecule has 2 aromatic rings. The minimum atomic E-state index is -0.555. The number of aromatic hydroxyl groups is 1.